The molecule has 114 valence electrons. The van der Waals surface area contributed by atoms with Gasteiger partial charge in [0, 0.05) is 31.0 Å². The highest BCUT2D eigenvalue weighted by Gasteiger charge is 2.25. The molecule has 5 heteroatoms. The van der Waals surface area contributed by atoms with Crippen molar-refractivity contribution in [2.24, 2.45) is 5.92 Å². The average molecular weight is 290 g/mol. The molecule has 1 aromatic rings. The zero-order valence-corrected chi connectivity index (χ0v) is 12.0. The maximum atomic E-state index is 11.8. The van der Waals surface area contributed by atoms with Crippen LogP contribution < -0.4 is 10.6 Å². The number of hydrogen-bond donors (Lipinski definition) is 3. The molecule has 0 bridgehead atoms. The first-order chi connectivity index (χ1) is 10.2. The molecule has 2 rings (SSSR count). The van der Waals surface area contributed by atoms with E-state index in [0.29, 0.717) is 18.7 Å². The third kappa shape index (κ3) is 4.86. The van der Waals surface area contributed by atoms with Gasteiger partial charge in [0.25, 0.3) is 5.91 Å². The van der Waals surface area contributed by atoms with Crippen LogP contribution in [0, 0.1) is 5.92 Å². The van der Waals surface area contributed by atoms with E-state index in [-0.39, 0.29) is 30.3 Å². The van der Waals surface area contributed by atoms with Gasteiger partial charge in [-0.25, -0.2) is 0 Å². The van der Waals surface area contributed by atoms with Crippen molar-refractivity contribution in [1.82, 2.24) is 10.6 Å². The Hall–Kier alpha value is -1.88. The zero-order valence-electron chi connectivity index (χ0n) is 12.0. The molecule has 1 aromatic carbocycles. The number of carbonyl (C=O) groups excluding carboxylic acids is 2. The molecule has 2 amide bonds. The number of hydrogen-bond acceptors (Lipinski definition) is 3. The van der Waals surface area contributed by atoms with Crippen molar-refractivity contribution in [3.63, 3.8) is 0 Å². The zero-order chi connectivity index (χ0) is 15.1. The minimum atomic E-state index is -0.289. The van der Waals surface area contributed by atoms with Gasteiger partial charge in [-0.2, -0.15) is 0 Å². The van der Waals surface area contributed by atoms with E-state index in [1.807, 2.05) is 6.07 Å². The van der Waals surface area contributed by atoms with Crippen LogP contribution in [0.15, 0.2) is 30.3 Å². The van der Waals surface area contributed by atoms with Gasteiger partial charge in [0.15, 0.2) is 0 Å². The van der Waals surface area contributed by atoms with Crippen molar-refractivity contribution < 1.29 is 14.7 Å². The number of benzene rings is 1. The van der Waals surface area contributed by atoms with Crippen molar-refractivity contribution in [3.05, 3.63) is 35.9 Å². The van der Waals surface area contributed by atoms with Crippen LogP contribution >= 0.6 is 0 Å². The van der Waals surface area contributed by atoms with Crippen LogP contribution in [0.5, 0.6) is 0 Å². The highest BCUT2D eigenvalue weighted by atomic mass is 16.3. The third-order valence-corrected chi connectivity index (χ3v) is 3.85. The van der Waals surface area contributed by atoms with Crippen LogP contribution in [0.25, 0.3) is 0 Å². The lowest BCUT2D eigenvalue weighted by Gasteiger charge is -2.15. The predicted octanol–water partition coefficient (Wildman–Crippen LogP) is 1.08. The van der Waals surface area contributed by atoms with Crippen LogP contribution in [0.2, 0.25) is 0 Å². The van der Waals surface area contributed by atoms with Gasteiger partial charge in [-0.05, 0) is 25.0 Å². The predicted molar refractivity (Wildman–Crippen MR) is 79.7 cm³/mol. The van der Waals surface area contributed by atoms with Gasteiger partial charge in [-0.15, -0.1) is 0 Å². The first kappa shape index (κ1) is 15.5. The molecule has 1 aliphatic carbocycles. The number of aliphatic hydroxyl groups is 1. The molecule has 0 radical (unpaired) electrons. The largest absolute Gasteiger partial charge is 0.393 e. The Balaban J connectivity index is 1.62. The van der Waals surface area contributed by atoms with Gasteiger partial charge in [0.05, 0.1) is 6.10 Å². The molecular weight excluding hydrogens is 268 g/mol. The minimum Gasteiger partial charge on any atom is -0.393 e. The summed E-state index contributed by atoms with van der Waals surface area (Å²) in [7, 11) is 0. The second-order valence-corrected chi connectivity index (χ2v) is 5.43. The monoisotopic (exact) mass is 290 g/mol. The van der Waals surface area contributed by atoms with E-state index in [4.69, 9.17) is 0 Å². The van der Waals surface area contributed by atoms with Crippen LogP contribution in [0.4, 0.5) is 0 Å². The van der Waals surface area contributed by atoms with E-state index >= 15 is 0 Å². The molecule has 1 saturated carbocycles. The summed E-state index contributed by atoms with van der Waals surface area (Å²) in [5, 5.41) is 15.2. The molecule has 0 aliphatic heterocycles. The summed E-state index contributed by atoms with van der Waals surface area (Å²) in [5.41, 5.74) is 0.590. The van der Waals surface area contributed by atoms with Crippen LogP contribution in [0.3, 0.4) is 0 Å². The summed E-state index contributed by atoms with van der Waals surface area (Å²) in [6.45, 7) is 0.833. The SMILES string of the molecule is O=C(CCNC(=O)c1ccccc1)NCC1CCCC1O. The molecule has 0 heterocycles. The summed E-state index contributed by atoms with van der Waals surface area (Å²) in [6, 6.07) is 8.92. The first-order valence-corrected chi connectivity index (χ1v) is 7.45. The second kappa shape index (κ2) is 7.78. The Bertz CT molecular complexity index is 476. The number of rotatable bonds is 6. The maximum Gasteiger partial charge on any atom is 0.251 e. The highest BCUT2D eigenvalue weighted by Crippen LogP contribution is 2.24. The summed E-state index contributed by atoms with van der Waals surface area (Å²) < 4.78 is 0. The molecule has 1 fully saturated rings. The molecule has 3 N–H and O–H groups in total. The Kier molecular flexibility index (Phi) is 5.75. The molecule has 0 aromatic heterocycles. The van der Waals surface area contributed by atoms with Gasteiger partial charge in [0.2, 0.25) is 5.91 Å². The molecule has 1 aliphatic rings. The van der Waals surface area contributed by atoms with Crippen molar-refractivity contribution >= 4 is 11.8 Å². The Morgan fingerprint density at radius 1 is 1.14 bits per heavy atom. The van der Waals surface area contributed by atoms with Crippen LogP contribution in [-0.4, -0.2) is 36.1 Å². The topological polar surface area (TPSA) is 78.4 Å². The number of aliphatic hydroxyl groups excluding tert-OH is 1. The van der Waals surface area contributed by atoms with Crippen molar-refractivity contribution in [2.75, 3.05) is 13.1 Å². The molecule has 0 saturated heterocycles. The number of nitrogens with one attached hydrogen (secondary N) is 2. The lowest BCUT2D eigenvalue weighted by atomic mass is 10.1. The van der Waals surface area contributed by atoms with Gasteiger partial charge in [-0.3, -0.25) is 9.59 Å². The molecular formula is C16H22N2O3. The van der Waals surface area contributed by atoms with Gasteiger partial charge >= 0.3 is 0 Å². The molecule has 0 spiro atoms. The molecule has 2 atom stereocenters. The lowest BCUT2D eigenvalue weighted by molar-refractivity contribution is -0.121. The van der Waals surface area contributed by atoms with E-state index in [1.165, 1.54) is 0 Å². The van der Waals surface area contributed by atoms with Crippen molar-refractivity contribution in [3.8, 4) is 0 Å². The summed E-state index contributed by atoms with van der Waals surface area (Å²) in [6.07, 6.45) is 2.78. The summed E-state index contributed by atoms with van der Waals surface area (Å²) in [5.74, 6) is -0.0927. The van der Waals surface area contributed by atoms with Gasteiger partial charge in [-0.1, -0.05) is 24.6 Å². The normalized spacial score (nSPS) is 21.0. The maximum absolute atomic E-state index is 11.8. The van der Waals surface area contributed by atoms with E-state index in [2.05, 4.69) is 10.6 Å². The van der Waals surface area contributed by atoms with E-state index in [1.54, 1.807) is 24.3 Å². The second-order valence-electron chi connectivity index (χ2n) is 5.43. The summed E-state index contributed by atoms with van der Waals surface area (Å²) >= 11 is 0. The van der Waals surface area contributed by atoms with E-state index in [9.17, 15) is 14.7 Å². The first-order valence-electron chi connectivity index (χ1n) is 7.45. The van der Waals surface area contributed by atoms with Crippen LogP contribution in [-0.2, 0) is 4.79 Å². The minimum absolute atomic E-state index is 0.0949. The van der Waals surface area contributed by atoms with E-state index in [0.717, 1.165) is 19.3 Å². The van der Waals surface area contributed by atoms with Crippen LogP contribution in [0.1, 0.15) is 36.0 Å². The Labute approximate surface area is 124 Å². The Morgan fingerprint density at radius 3 is 2.57 bits per heavy atom. The van der Waals surface area contributed by atoms with Crippen molar-refractivity contribution in [2.45, 2.75) is 31.8 Å². The molecule has 5 nitrogen and oxygen atoms in total. The van der Waals surface area contributed by atoms with Crippen molar-refractivity contribution in [1.29, 1.82) is 0 Å². The Morgan fingerprint density at radius 2 is 1.90 bits per heavy atom. The number of carbonyl (C=O) groups is 2. The summed E-state index contributed by atoms with van der Waals surface area (Å²) in [4.78, 5) is 23.4. The molecule has 2 unspecified atom stereocenters. The fourth-order valence-corrected chi connectivity index (χ4v) is 2.57. The quantitative estimate of drug-likeness (QED) is 0.733. The highest BCUT2D eigenvalue weighted by molar-refractivity contribution is 5.94. The van der Waals surface area contributed by atoms with Gasteiger partial charge < -0.3 is 15.7 Å². The fourth-order valence-electron chi connectivity index (χ4n) is 2.57. The third-order valence-electron chi connectivity index (χ3n) is 3.85. The number of amides is 2. The lowest BCUT2D eigenvalue weighted by Crippen LogP contribution is -2.35. The fraction of sp³-hybridized carbons (Fsp3) is 0.500. The smallest absolute Gasteiger partial charge is 0.251 e. The average Bonchev–Trinajstić information content (AvgIpc) is 2.91. The molecule has 21 heavy (non-hydrogen) atoms. The van der Waals surface area contributed by atoms with E-state index < -0.39 is 0 Å². The van der Waals surface area contributed by atoms with Gasteiger partial charge in [0.1, 0.15) is 0 Å². The standard InChI is InChI=1S/C16H22N2O3/c19-14-8-4-7-13(14)11-18-15(20)9-10-17-16(21)12-5-2-1-3-6-12/h1-3,5-6,13-14,19H,4,7-11H2,(H,17,21)(H,18,20).